The topological polar surface area (TPSA) is 52.3 Å². The number of carbonyl (C=O) groups excluding carboxylic acids is 1. The van der Waals surface area contributed by atoms with Gasteiger partial charge in [0.2, 0.25) is 0 Å². The van der Waals surface area contributed by atoms with Gasteiger partial charge in [0, 0.05) is 5.69 Å². The lowest BCUT2D eigenvalue weighted by Gasteiger charge is -2.20. The number of anilines is 1. The molecule has 0 amide bonds. The van der Waals surface area contributed by atoms with Crippen LogP contribution in [0.2, 0.25) is 0 Å². The highest BCUT2D eigenvalue weighted by Gasteiger charge is 2.20. The van der Waals surface area contributed by atoms with Crippen LogP contribution < -0.4 is 5.73 Å². The standard InChI is InChI=1S/C17H19NO2/c1-17(2,3)20-16(19)14-11-13(9-10-15(14)18)12-7-5-4-6-8-12/h4-11H,18H2,1-3H3. The normalized spacial score (nSPS) is 11.2. The molecule has 0 aromatic heterocycles. The summed E-state index contributed by atoms with van der Waals surface area (Å²) >= 11 is 0. The minimum atomic E-state index is -0.535. The molecule has 0 atom stereocenters. The molecule has 0 fully saturated rings. The van der Waals surface area contributed by atoms with Crippen molar-refractivity contribution < 1.29 is 9.53 Å². The third kappa shape index (κ3) is 3.38. The molecule has 0 aliphatic heterocycles. The lowest BCUT2D eigenvalue weighted by molar-refractivity contribution is 0.00709. The van der Waals surface area contributed by atoms with Gasteiger partial charge in [0.25, 0.3) is 0 Å². The number of nitrogen functional groups attached to an aromatic ring is 1. The molecule has 3 nitrogen and oxygen atoms in total. The number of hydrogen-bond acceptors (Lipinski definition) is 3. The third-order valence-electron chi connectivity index (χ3n) is 2.78. The molecule has 0 bridgehead atoms. The van der Waals surface area contributed by atoms with Gasteiger partial charge in [-0.25, -0.2) is 4.79 Å². The van der Waals surface area contributed by atoms with Gasteiger partial charge in [-0.3, -0.25) is 0 Å². The van der Waals surface area contributed by atoms with E-state index in [1.165, 1.54) is 0 Å². The Balaban J connectivity index is 2.37. The van der Waals surface area contributed by atoms with Crippen molar-refractivity contribution in [1.82, 2.24) is 0 Å². The molecule has 104 valence electrons. The Bertz CT molecular complexity index is 613. The lowest BCUT2D eigenvalue weighted by atomic mass is 10.0. The van der Waals surface area contributed by atoms with Gasteiger partial charge in [0.05, 0.1) is 5.56 Å². The van der Waals surface area contributed by atoms with Crippen LogP contribution in [0.25, 0.3) is 11.1 Å². The summed E-state index contributed by atoms with van der Waals surface area (Å²) in [6, 6.07) is 15.3. The Morgan fingerprint density at radius 1 is 1.00 bits per heavy atom. The van der Waals surface area contributed by atoms with Gasteiger partial charge in [-0.1, -0.05) is 36.4 Å². The predicted octanol–water partition coefficient (Wildman–Crippen LogP) is 3.89. The third-order valence-corrected chi connectivity index (χ3v) is 2.78. The summed E-state index contributed by atoms with van der Waals surface area (Å²) in [5.74, 6) is -0.396. The van der Waals surface area contributed by atoms with E-state index in [1.807, 2.05) is 57.2 Å². The molecule has 0 radical (unpaired) electrons. The molecular weight excluding hydrogens is 250 g/mol. The molecule has 2 aromatic carbocycles. The monoisotopic (exact) mass is 269 g/mol. The van der Waals surface area contributed by atoms with Crippen molar-refractivity contribution in [2.24, 2.45) is 0 Å². The zero-order valence-corrected chi connectivity index (χ0v) is 12.0. The van der Waals surface area contributed by atoms with Gasteiger partial charge in [-0.05, 0) is 44.0 Å². The maximum Gasteiger partial charge on any atom is 0.340 e. The van der Waals surface area contributed by atoms with Crippen molar-refractivity contribution in [3.05, 3.63) is 54.1 Å². The van der Waals surface area contributed by atoms with Crippen LogP contribution in [0.1, 0.15) is 31.1 Å². The molecular formula is C17H19NO2. The average Bonchev–Trinajstić information content (AvgIpc) is 2.38. The van der Waals surface area contributed by atoms with Crippen molar-refractivity contribution in [3.8, 4) is 11.1 Å². The minimum Gasteiger partial charge on any atom is -0.456 e. The molecule has 0 unspecified atom stereocenters. The Labute approximate surface area is 119 Å². The van der Waals surface area contributed by atoms with E-state index in [2.05, 4.69) is 0 Å². The van der Waals surface area contributed by atoms with Crippen molar-refractivity contribution in [2.45, 2.75) is 26.4 Å². The van der Waals surface area contributed by atoms with Crippen LogP contribution in [0.4, 0.5) is 5.69 Å². The van der Waals surface area contributed by atoms with Gasteiger partial charge < -0.3 is 10.5 Å². The van der Waals surface area contributed by atoms with Gasteiger partial charge in [0.1, 0.15) is 5.60 Å². The predicted molar refractivity (Wildman–Crippen MR) is 81.5 cm³/mol. The summed E-state index contributed by atoms with van der Waals surface area (Å²) in [5, 5.41) is 0. The first kappa shape index (κ1) is 14.1. The summed E-state index contributed by atoms with van der Waals surface area (Å²) in [6.07, 6.45) is 0. The zero-order chi connectivity index (χ0) is 14.8. The molecule has 2 rings (SSSR count). The van der Waals surface area contributed by atoms with E-state index in [0.717, 1.165) is 11.1 Å². The van der Waals surface area contributed by atoms with Crippen LogP contribution in [0.3, 0.4) is 0 Å². The van der Waals surface area contributed by atoms with E-state index in [0.29, 0.717) is 11.3 Å². The van der Waals surface area contributed by atoms with E-state index in [-0.39, 0.29) is 0 Å². The van der Waals surface area contributed by atoms with Crippen molar-refractivity contribution >= 4 is 11.7 Å². The maximum absolute atomic E-state index is 12.2. The molecule has 2 N–H and O–H groups in total. The molecule has 0 aliphatic carbocycles. The van der Waals surface area contributed by atoms with E-state index >= 15 is 0 Å². The van der Waals surface area contributed by atoms with Crippen LogP contribution >= 0.6 is 0 Å². The first-order valence-electron chi connectivity index (χ1n) is 6.55. The van der Waals surface area contributed by atoms with Gasteiger partial charge in [-0.2, -0.15) is 0 Å². The molecule has 3 heteroatoms. The molecule has 0 spiro atoms. The second-order valence-corrected chi connectivity index (χ2v) is 5.67. The Hall–Kier alpha value is -2.29. The fourth-order valence-electron chi connectivity index (χ4n) is 1.88. The molecule has 0 aliphatic rings. The SMILES string of the molecule is CC(C)(C)OC(=O)c1cc(-c2ccccc2)ccc1N. The second-order valence-electron chi connectivity index (χ2n) is 5.67. The molecule has 0 saturated carbocycles. The summed E-state index contributed by atoms with van der Waals surface area (Å²) in [6.45, 7) is 5.51. The van der Waals surface area contributed by atoms with Crippen LogP contribution in [-0.2, 0) is 4.74 Å². The number of carbonyl (C=O) groups is 1. The van der Waals surface area contributed by atoms with E-state index in [9.17, 15) is 4.79 Å². The molecule has 0 heterocycles. The summed E-state index contributed by atoms with van der Waals surface area (Å²) < 4.78 is 5.38. The number of esters is 1. The Morgan fingerprint density at radius 3 is 2.25 bits per heavy atom. The fraction of sp³-hybridized carbons (Fsp3) is 0.235. The highest BCUT2D eigenvalue weighted by Crippen LogP contribution is 2.25. The van der Waals surface area contributed by atoms with E-state index in [4.69, 9.17) is 10.5 Å². The van der Waals surface area contributed by atoms with Crippen LogP contribution in [-0.4, -0.2) is 11.6 Å². The number of nitrogens with two attached hydrogens (primary N) is 1. The number of ether oxygens (including phenoxy) is 1. The first-order chi connectivity index (χ1) is 9.37. The lowest BCUT2D eigenvalue weighted by Crippen LogP contribution is -2.24. The number of hydrogen-bond donors (Lipinski definition) is 1. The van der Waals surface area contributed by atoms with Gasteiger partial charge in [-0.15, -0.1) is 0 Å². The Morgan fingerprint density at radius 2 is 1.65 bits per heavy atom. The largest absolute Gasteiger partial charge is 0.456 e. The quantitative estimate of drug-likeness (QED) is 0.664. The molecule has 0 saturated heterocycles. The minimum absolute atomic E-state index is 0.396. The molecule has 20 heavy (non-hydrogen) atoms. The summed E-state index contributed by atoms with van der Waals surface area (Å²) in [4.78, 5) is 12.2. The molecule has 2 aromatic rings. The number of rotatable bonds is 2. The Kier molecular flexibility index (Phi) is 3.79. The first-order valence-corrected chi connectivity index (χ1v) is 6.55. The van der Waals surface area contributed by atoms with Crippen LogP contribution in [0, 0.1) is 0 Å². The van der Waals surface area contributed by atoms with E-state index < -0.39 is 11.6 Å². The summed E-state index contributed by atoms with van der Waals surface area (Å²) in [5.41, 5.74) is 8.17. The average molecular weight is 269 g/mol. The van der Waals surface area contributed by atoms with E-state index in [1.54, 1.807) is 12.1 Å². The van der Waals surface area contributed by atoms with Gasteiger partial charge >= 0.3 is 5.97 Å². The van der Waals surface area contributed by atoms with Gasteiger partial charge in [0.15, 0.2) is 0 Å². The van der Waals surface area contributed by atoms with Crippen LogP contribution in [0.5, 0.6) is 0 Å². The number of benzene rings is 2. The van der Waals surface area contributed by atoms with Crippen molar-refractivity contribution in [2.75, 3.05) is 5.73 Å². The second kappa shape index (κ2) is 5.37. The maximum atomic E-state index is 12.2. The highest BCUT2D eigenvalue weighted by atomic mass is 16.6. The summed E-state index contributed by atoms with van der Waals surface area (Å²) in [7, 11) is 0. The fourth-order valence-corrected chi connectivity index (χ4v) is 1.88. The highest BCUT2D eigenvalue weighted by molar-refractivity contribution is 5.96. The van der Waals surface area contributed by atoms with Crippen molar-refractivity contribution in [1.29, 1.82) is 0 Å². The van der Waals surface area contributed by atoms with Crippen molar-refractivity contribution in [3.63, 3.8) is 0 Å². The van der Waals surface area contributed by atoms with Crippen LogP contribution in [0.15, 0.2) is 48.5 Å². The zero-order valence-electron chi connectivity index (χ0n) is 12.0. The smallest absolute Gasteiger partial charge is 0.340 e.